The van der Waals surface area contributed by atoms with E-state index >= 15 is 0 Å². The van der Waals surface area contributed by atoms with Crippen molar-refractivity contribution in [2.45, 2.75) is 18.9 Å². The summed E-state index contributed by atoms with van der Waals surface area (Å²) in [5.74, 6) is -2.36. The zero-order chi connectivity index (χ0) is 42.7. The number of thiazole rings is 1. The Morgan fingerprint density at radius 3 is 2.05 bits per heavy atom. The highest BCUT2D eigenvalue weighted by atomic mass is 32.1. The molecule has 15 nitrogen and oxygen atoms in total. The SMILES string of the molecule is C=CC(=O)OCCCCOCC(COc1ccc(C(=O)Oc2ccc(OC(=O)c3ccc(OC(=O)C=C)cc3)cc2/C=N/Nc2nc3ccccc3s2)cc1)OC(=O)C=C. The zero-order valence-electron chi connectivity index (χ0n) is 32.1. The highest BCUT2D eigenvalue weighted by Gasteiger charge is 2.17. The second kappa shape index (κ2) is 22.5. The standard InChI is InChI=1S/C44H39N3O12S/c1-4-39(48)54-24-10-9-23-53-27-35(57-41(50)6-3)28-55-32-17-13-30(14-18-32)43(52)59-37-22-21-34(58-42(51)29-15-19-33(20-16-29)56-40(49)5-2)25-31(37)26-45-47-44-46-36-11-7-8-12-38(36)60-44/h4-8,11-22,25-26,35H,1-3,9-10,23-24,27-28H2,(H,46,47)/b45-26+. The van der Waals surface area contributed by atoms with Gasteiger partial charge in [-0.25, -0.2) is 29.0 Å². The van der Waals surface area contributed by atoms with Gasteiger partial charge in [0, 0.05) is 30.4 Å². The predicted molar refractivity (Wildman–Crippen MR) is 223 cm³/mol. The van der Waals surface area contributed by atoms with Gasteiger partial charge >= 0.3 is 29.8 Å². The Balaban J connectivity index is 1.23. The molecule has 60 heavy (non-hydrogen) atoms. The molecule has 16 heteroatoms. The number of hydrogen-bond acceptors (Lipinski definition) is 16. The number of nitrogens with one attached hydrogen (secondary N) is 1. The van der Waals surface area contributed by atoms with Gasteiger partial charge in [-0.3, -0.25) is 5.43 Å². The van der Waals surface area contributed by atoms with Crippen LogP contribution in [0, 0.1) is 0 Å². The van der Waals surface area contributed by atoms with E-state index in [0.717, 1.165) is 28.4 Å². The van der Waals surface area contributed by atoms with Gasteiger partial charge in [-0.05, 0) is 91.7 Å². The number of para-hydroxylation sites is 1. The molecule has 0 saturated heterocycles. The number of carbonyl (C=O) groups is 5. The van der Waals surface area contributed by atoms with Crippen LogP contribution in [0.3, 0.4) is 0 Å². The molecule has 1 unspecified atom stereocenters. The maximum absolute atomic E-state index is 13.3. The van der Waals surface area contributed by atoms with E-state index in [0.29, 0.717) is 30.3 Å². The Bertz CT molecular complexity index is 2320. The number of anilines is 1. The third kappa shape index (κ3) is 13.6. The molecular weight excluding hydrogens is 795 g/mol. The molecule has 0 aliphatic heterocycles. The van der Waals surface area contributed by atoms with E-state index in [9.17, 15) is 24.0 Å². The van der Waals surface area contributed by atoms with E-state index < -0.39 is 36.0 Å². The van der Waals surface area contributed by atoms with Crippen LogP contribution in [-0.2, 0) is 28.6 Å². The minimum Gasteiger partial charge on any atom is -0.490 e. The van der Waals surface area contributed by atoms with E-state index in [1.54, 1.807) is 12.1 Å². The first-order chi connectivity index (χ1) is 29.1. The number of hydrogen-bond donors (Lipinski definition) is 1. The number of fused-ring (bicyclic) bond motifs is 1. The molecule has 0 saturated carbocycles. The van der Waals surface area contributed by atoms with Crippen LogP contribution in [0.15, 0.2) is 134 Å². The van der Waals surface area contributed by atoms with Crippen LogP contribution in [0.2, 0.25) is 0 Å². The summed E-state index contributed by atoms with van der Waals surface area (Å²) in [6, 6.07) is 23.9. The summed E-state index contributed by atoms with van der Waals surface area (Å²) in [5, 5.41) is 4.82. The monoisotopic (exact) mass is 833 g/mol. The summed E-state index contributed by atoms with van der Waals surface area (Å²) in [6.45, 7) is 10.7. The summed E-state index contributed by atoms with van der Waals surface area (Å²) in [6.07, 6.45) is 4.96. The van der Waals surface area contributed by atoms with Crippen molar-refractivity contribution >= 4 is 62.7 Å². The number of nitrogens with zero attached hydrogens (tertiary/aromatic N) is 2. The second-order valence-corrected chi connectivity index (χ2v) is 13.3. The number of benzene rings is 4. The van der Waals surface area contributed by atoms with Crippen LogP contribution >= 0.6 is 11.3 Å². The average Bonchev–Trinajstić information content (AvgIpc) is 3.69. The molecule has 0 amide bonds. The summed E-state index contributed by atoms with van der Waals surface area (Å²) >= 11 is 1.40. The van der Waals surface area contributed by atoms with Crippen molar-refractivity contribution in [2.24, 2.45) is 5.10 Å². The average molecular weight is 834 g/mol. The largest absolute Gasteiger partial charge is 0.490 e. The molecule has 0 aliphatic rings. The molecule has 5 rings (SSSR count). The van der Waals surface area contributed by atoms with Crippen LogP contribution in [0.4, 0.5) is 5.13 Å². The van der Waals surface area contributed by atoms with Gasteiger partial charge in [0.25, 0.3) is 0 Å². The molecule has 308 valence electrons. The number of unbranched alkanes of at least 4 members (excludes halogenated alkanes) is 1. The summed E-state index contributed by atoms with van der Waals surface area (Å²) in [5.41, 5.74) is 4.34. The number of esters is 5. The van der Waals surface area contributed by atoms with E-state index in [2.05, 4.69) is 35.2 Å². The summed E-state index contributed by atoms with van der Waals surface area (Å²) in [7, 11) is 0. The van der Waals surface area contributed by atoms with E-state index in [1.807, 2.05) is 24.3 Å². The lowest BCUT2D eigenvalue weighted by atomic mass is 10.2. The quantitative estimate of drug-likeness (QED) is 0.0183. The van der Waals surface area contributed by atoms with Crippen LogP contribution in [-0.4, -0.2) is 73.6 Å². The van der Waals surface area contributed by atoms with Crippen molar-refractivity contribution in [3.63, 3.8) is 0 Å². The zero-order valence-corrected chi connectivity index (χ0v) is 32.9. The van der Waals surface area contributed by atoms with Crippen molar-refractivity contribution in [1.29, 1.82) is 0 Å². The van der Waals surface area contributed by atoms with Crippen molar-refractivity contribution in [1.82, 2.24) is 4.98 Å². The van der Waals surface area contributed by atoms with Crippen LogP contribution < -0.4 is 24.4 Å². The maximum atomic E-state index is 13.3. The van der Waals surface area contributed by atoms with Gasteiger partial charge in [-0.2, -0.15) is 5.10 Å². The van der Waals surface area contributed by atoms with Crippen LogP contribution in [0.25, 0.3) is 10.2 Å². The molecule has 0 bridgehead atoms. The first-order valence-corrected chi connectivity index (χ1v) is 19.1. The first kappa shape index (κ1) is 43.7. The topological polar surface area (TPSA) is 187 Å². The van der Waals surface area contributed by atoms with Gasteiger partial charge in [0.1, 0.15) is 29.6 Å². The fourth-order valence-corrected chi connectivity index (χ4v) is 5.78. The maximum Gasteiger partial charge on any atom is 0.343 e. The minimum absolute atomic E-state index is 0.0400. The molecule has 1 aromatic heterocycles. The Morgan fingerprint density at radius 1 is 0.700 bits per heavy atom. The van der Waals surface area contributed by atoms with Gasteiger partial charge in [-0.15, -0.1) is 0 Å². The highest BCUT2D eigenvalue weighted by molar-refractivity contribution is 7.22. The van der Waals surface area contributed by atoms with Crippen LogP contribution in [0.1, 0.15) is 39.1 Å². The lowest BCUT2D eigenvalue weighted by Crippen LogP contribution is -2.29. The molecule has 4 aromatic carbocycles. The fraction of sp³-hybridized carbons (Fsp3) is 0.159. The highest BCUT2D eigenvalue weighted by Crippen LogP contribution is 2.28. The smallest absolute Gasteiger partial charge is 0.343 e. The van der Waals surface area contributed by atoms with E-state index in [-0.39, 0.29) is 53.8 Å². The van der Waals surface area contributed by atoms with E-state index in [1.165, 1.54) is 72.1 Å². The lowest BCUT2D eigenvalue weighted by Gasteiger charge is -2.18. The molecule has 0 fully saturated rings. The van der Waals surface area contributed by atoms with Crippen molar-refractivity contribution in [3.05, 3.63) is 146 Å². The fourth-order valence-electron chi connectivity index (χ4n) is 4.96. The Hall–Kier alpha value is -7.43. The summed E-state index contributed by atoms with van der Waals surface area (Å²) < 4.78 is 39.1. The number of rotatable bonds is 22. The molecule has 1 N–H and O–H groups in total. The van der Waals surface area contributed by atoms with Crippen molar-refractivity contribution < 1.29 is 57.1 Å². The van der Waals surface area contributed by atoms with E-state index in [4.69, 9.17) is 33.2 Å². The van der Waals surface area contributed by atoms with Crippen molar-refractivity contribution in [2.75, 3.05) is 31.9 Å². The second-order valence-electron chi connectivity index (χ2n) is 12.2. The van der Waals surface area contributed by atoms with Gasteiger partial charge in [0.05, 0.1) is 40.8 Å². The molecule has 0 radical (unpaired) electrons. The number of aromatic nitrogens is 1. The molecule has 0 aliphatic carbocycles. The Kier molecular flexibility index (Phi) is 16.4. The third-order valence-electron chi connectivity index (χ3n) is 7.90. The summed E-state index contributed by atoms with van der Waals surface area (Å²) in [4.78, 5) is 65.4. The number of carbonyl (C=O) groups excluding carboxylic acids is 5. The van der Waals surface area contributed by atoms with Crippen LogP contribution in [0.5, 0.6) is 23.0 Å². The number of ether oxygens (including phenoxy) is 7. The van der Waals surface area contributed by atoms with Gasteiger partial charge in [-0.1, -0.05) is 43.2 Å². The Morgan fingerprint density at radius 2 is 1.35 bits per heavy atom. The van der Waals surface area contributed by atoms with Gasteiger partial charge < -0.3 is 33.2 Å². The van der Waals surface area contributed by atoms with Gasteiger partial charge in [0.15, 0.2) is 6.10 Å². The minimum atomic E-state index is -0.764. The first-order valence-electron chi connectivity index (χ1n) is 18.2. The third-order valence-corrected chi connectivity index (χ3v) is 8.84. The molecule has 5 aromatic rings. The molecular formula is C44H39N3O12S. The van der Waals surface area contributed by atoms with Gasteiger partial charge in [0.2, 0.25) is 5.13 Å². The molecule has 0 spiro atoms. The lowest BCUT2D eigenvalue weighted by molar-refractivity contribution is -0.148. The van der Waals surface area contributed by atoms with Crippen molar-refractivity contribution in [3.8, 4) is 23.0 Å². The predicted octanol–water partition coefficient (Wildman–Crippen LogP) is 7.27. The Labute approximate surface area is 348 Å². The normalized spacial score (nSPS) is 11.2. The number of hydrazone groups is 1. The molecule has 1 atom stereocenters. The molecule has 1 heterocycles.